The van der Waals surface area contributed by atoms with Crippen molar-refractivity contribution in [1.82, 2.24) is 9.97 Å². The van der Waals surface area contributed by atoms with E-state index in [0.717, 1.165) is 24.0 Å². The molecule has 1 atom stereocenters. The molecule has 1 heterocycles. The van der Waals surface area contributed by atoms with Gasteiger partial charge in [-0.3, -0.25) is 9.59 Å². The van der Waals surface area contributed by atoms with Crippen LogP contribution in [0.5, 0.6) is 0 Å². The van der Waals surface area contributed by atoms with E-state index >= 15 is 0 Å². The molecule has 1 amide bonds. The van der Waals surface area contributed by atoms with Crippen molar-refractivity contribution in [3.8, 4) is 0 Å². The van der Waals surface area contributed by atoms with Crippen molar-refractivity contribution in [2.24, 2.45) is 5.41 Å². The Morgan fingerprint density at radius 3 is 2.21 bits per heavy atom. The van der Waals surface area contributed by atoms with E-state index in [4.69, 9.17) is 0 Å². The maximum atomic E-state index is 12.7. The predicted octanol–water partition coefficient (Wildman–Crippen LogP) is 4.84. The number of hydrogen-bond donors (Lipinski definition) is 1. The summed E-state index contributed by atoms with van der Waals surface area (Å²) >= 11 is 0.854. The lowest BCUT2D eigenvalue weighted by molar-refractivity contribution is -0.141. The normalized spacial score (nSPS) is 13.1. The Kier molecular flexibility index (Phi) is 6.48. The second-order valence-corrected chi connectivity index (χ2v) is 8.44. The van der Waals surface area contributed by atoms with Crippen LogP contribution in [0.25, 0.3) is 0 Å². The van der Waals surface area contributed by atoms with Crippen LogP contribution in [0.3, 0.4) is 0 Å². The van der Waals surface area contributed by atoms with Gasteiger partial charge in [0, 0.05) is 22.9 Å². The van der Waals surface area contributed by atoms with Gasteiger partial charge < -0.3 is 5.32 Å². The van der Waals surface area contributed by atoms with Crippen LogP contribution in [0.15, 0.2) is 41.7 Å². The number of benzene rings is 1. The standard InChI is InChI=1S/C19H20F3N3O2S/c1-11(28-17-23-10-9-14(25-17)19(20,21)22)15(26)12-5-7-13(8-6-12)24-16(27)18(2,3)4/h5-11H,1-4H3,(H,24,27). The number of carbonyl (C=O) groups is 2. The first-order chi connectivity index (χ1) is 12.9. The lowest BCUT2D eigenvalue weighted by Gasteiger charge is -2.17. The van der Waals surface area contributed by atoms with Gasteiger partial charge in [-0.05, 0) is 37.3 Å². The summed E-state index contributed by atoms with van der Waals surface area (Å²) in [7, 11) is 0. The Balaban J connectivity index is 2.06. The molecule has 0 aliphatic carbocycles. The van der Waals surface area contributed by atoms with E-state index in [1.807, 2.05) is 0 Å². The fourth-order valence-electron chi connectivity index (χ4n) is 2.04. The minimum Gasteiger partial charge on any atom is -0.326 e. The van der Waals surface area contributed by atoms with Gasteiger partial charge in [-0.25, -0.2) is 9.97 Å². The maximum Gasteiger partial charge on any atom is 0.433 e. The van der Waals surface area contributed by atoms with Crippen molar-refractivity contribution >= 4 is 29.1 Å². The highest BCUT2D eigenvalue weighted by Crippen LogP contribution is 2.30. The summed E-state index contributed by atoms with van der Waals surface area (Å²) in [6.45, 7) is 6.94. The number of anilines is 1. The Morgan fingerprint density at radius 2 is 1.68 bits per heavy atom. The molecular formula is C19H20F3N3O2S. The summed E-state index contributed by atoms with van der Waals surface area (Å²) in [5.74, 6) is -0.433. The molecule has 150 valence electrons. The lowest BCUT2D eigenvalue weighted by Crippen LogP contribution is -2.27. The van der Waals surface area contributed by atoms with Gasteiger partial charge in [0.1, 0.15) is 5.69 Å². The van der Waals surface area contributed by atoms with E-state index in [0.29, 0.717) is 11.3 Å². The number of halogens is 3. The van der Waals surface area contributed by atoms with Crippen LogP contribution in [0.2, 0.25) is 0 Å². The van der Waals surface area contributed by atoms with E-state index in [1.54, 1.807) is 52.0 Å². The number of nitrogens with one attached hydrogen (secondary N) is 1. The fraction of sp³-hybridized carbons (Fsp3) is 0.368. The van der Waals surface area contributed by atoms with Crippen molar-refractivity contribution in [3.63, 3.8) is 0 Å². The van der Waals surface area contributed by atoms with Crippen molar-refractivity contribution in [2.45, 2.75) is 44.3 Å². The molecule has 5 nitrogen and oxygen atoms in total. The van der Waals surface area contributed by atoms with E-state index in [2.05, 4.69) is 15.3 Å². The summed E-state index contributed by atoms with van der Waals surface area (Å²) < 4.78 is 38.2. The van der Waals surface area contributed by atoms with Crippen molar-refractivity contribution in [3.05, 3.63) is 47.8 Å². The van der Waals surface area contributed by atoms with Crippen LogP contribution in [-0.4, -0.2) is 26.9 Å². The molecule has 2 aromatic rings. The van der Waals surface area contributed by atoms with Crippen LogP contribution in [0, 0.1) is 5.41 Å². The molecule has 0 saturated heterocycles. The van der Waals surface area contributed by atoms with Crippen LogP contribution in [-0.2, 0) is 11.0 Å². The van der Waals surface area contributed by atoms with Gasteiger partial charge in [0.2, 0.25) is 5.91 Å². The first kappa shape index (κ1) is 21.9. The van der Waals surface area contributed by atoms with Gasteiger partial charge in [-0.1, -0.05) is 32.5 Å². The molecular weight excluding hydrogens is 391 g/mol. The Morgan fingerprint density at radius 1 is 1.07 bits per heavy atom. The number of alkyl halides is 3. The first-order valence-electron chi connectivity index (χ1n) is 8.40. The molecule has 1 aromatic heterocycles. The summed E-state index contributed by atoms with van der Waals surface area (Å²) in [6.07, 6.45) is -3.55. The van der Waals surface area contributed by atoms with Gasteiger partial charge >= 0.3 is 6.18 Å². The Bertz CT molecular complexity index is 862. The minimum atomic E-state index is -4.57. The summed E-state index contributed by atoms with van der Waals surface area (Å²) in [5.41, 5.74) is -0.674. The van der Waals surface area contributed by atoms with Crippen LogP contribution >= 0.6 is 11.8 Å². The molecule has 0 aliphatic rings. The molecule has 1 unspecified atom stereocenters. The highest BCUT2D eigenvalue weighted by atomic mass is 32.2. The number of rotatable bonds is 5. The van der Waals surface area contributed by atoms with Crippen molar-refractivity contribution in [1.29, 1.82) is 0 Å². The molecule has 0 bridgehead atoms. The van der Waals surface area contributed by atoms with Gasteiger partial charge in [0.05, 0.1) is 5.25 Å². The average molecular weight is 411 g/mol. The van der Waals surface area contributed by atoms with Crippen LogP contribution in [0.1, 0.15) is 43.7 Å². The average Bonchev–Trinajstić information content (AvgIpc) is 2.60. The Hall–Kier alpha value is -2.42. The van der Waals surface area contributed by atoms with Gasteiger partial charge in [0.25, 0.3) is 0 Å². The van der Waals surface area contributed by atoms with Crippen LogP contribution < -0.4 is 5.32 Å². The highest BCUT2D eigenvalue weighted by Gasteiger charge is 2.33. The molecule has 28 heavy (non-hydrogen) atoms. The second kappa shape index (κ2) is 8.30. The third kappa shape index (κ3) is 5.79. The molecule has 9 heteroatoms. The molecule has 0 aliphatic heterocycles. The van der Waals surface area contributed by atoms with E-state index in [9.17, 15) is 22.8 Å². The monoisotopic (exact) mass is 411 g/mol. The van der Waals surface area contributed by atoms with Crippen LogP contribution in [0.4, 0.5) is 18.9 Å². The zero-order valence-electron chi connectivity index (χ0n) is 15.8. The molecule has 0 radical (unpaired) electrons. The largest absolute Gasteiger partial charge is 0.433 e. The number of carbonyl (C=O) groups excluding carboxylic acids is 2. The number of nitrogens with zero attached hydrogens (tertiary/aromatic N) is 2. The van der Waals surface area contributed by atoms with E-state index in [1.165, 1.54) is 0 Å². The first-order valence-corrected chi connectivity index (χ1v) is 9.28. The molecule has 2 rings (SSSR count). The predicted molar refractivity (Wildman–Crippen MR) is 101 cm³/mol. The smallest absolute Gasteiger partial charge is 0.326 e. The fourth-order valence-corrected chi connectivity index (χ4v) is 2.87. The number of amides is 1. The quantitative estimate of drug-likeness (QED) is 0.433. The van der Waals surface area contributed by atoms with Crippen molar-refractivity contribution in [2.75, 3.05) is 5.32 Å². The summed E-state index contributed by atoms with van der Waals surface area (Å²) in [5, 5.41) is 1.95. The SMILES string of the molecule is CC(Sc1nccc(C(F)(F)F)n1)C(=O)c1ccc(NC(=O)C(C)(C)C)cc1. The molecule has 0 saturated carbocycles. The van der Waals surface area contributed by atoms with Crippen molar-refractivity contribution < 1.29 is 22.8 Å². The highest BCUT2D eigenvalue weighted by molar-refractivity contribution is 8.00. The van der Waals surface area contributed by atoms with E-state index < -0.39 is 22.5 Å². The molecule has 0 spiro atoms. The van der Waals surface area contributed by atoms with Gasteiger partial charge in [-0.2, -0.15) is 13.2 Å². The summed E-state index contributed by atoms with van der Waals surface area (Å²) in [4.78, 5) is 31.8. The number of Topliss-reactive ketones (excluding diaryl/α,β-unsaturated/α-hetero) is 1. The second-order valence-electron chi connectivity index (χ2n) is 7.13. The number of thioether (sulfide) groups is 1. The number of hydrogen-bond acceptors (Lipinski definition) is 5. The number of aromatic nitrogens is 2. The number of ketones is 1. The zero-order chi connectivity index (χ0) is 21.1. The molecule has 0 fully saturated rings. The molecule has 1 N–H and O–H groups in total. The zero-order valence-corrected chi connectivity index (χ0v) is 16.6. The van der Waals surface area contributed by atoms with E-state index in [-0.39, 0.29) is 16.8 Å². The third-order valence-corrected chi connectivity index (χ3v) is 4.66. The Labute approximate surface area is 165 Å². The maximum absolute atomic E-state index is 12.7. The summed E-state index contributed by atoms with van der Waals surface area (Å²) in [6, 6.07) is 7.11. The minimum absolute atomic E-state index is 0.121. The third-order valence-electron chi connectivity index (χ3n) is 3.68. The topological polar surface area (TPSA) is 72.0 Å². The van der Waals surface area contributed by atoms with Gasteiger partial charge in [-0.15, -0.1) is 0 Å². The lowest BCUT2D eigenvalue weighted by atomic mass is 9.95. The van der Waals surface area contributed by atoms with Gasteiger partial charge in [0.15, 0.2) is 10.9 Å². The molecule has 1 aromatic carbocycles.